The molecule has 2 aromatic rings. The highest BCUT2D eigenvalue weighted by molar-refractivity contribution is 7.09. The first-order valence-electron chi connectivity index (χ1n) is 5.44. The molecule has 0 fully saturated rings. The van der Waals surface area contributed by atoms with E-state index in [-0.39, 0.29) is 0 Å². The van der Waals surface area contributed by atoms with Crippen molar-refractivity contribution in [2.75, 3.05) is 5.73 Å². The molecule has 0 aliphatic heterocycles. The molecule has 0 aliphatic carbocycles. The zero-order valence-electron chi connectivity index (χ0n) is 9.98. The van der Waals surface area contributed by atoms with Crippen molar-refractivity contribution >= 4 is 22.9 Å². The molecule has 0 aliphatic rings. The summed E-state index contributed by atoms with van der Waals surface area (Å²) in [4.78, 5) is 15.9. The number of amides is 1. The van der Waals surface area contributed by atoms with E-state index in [1.54, 1.807) is 18.5 Å². The molecule has 1 heterocycles. The molecule has 100 valence electrons. The van der Waals surface area contributed by atoms with Gasteiger partial charge in [0.1, 0.15) is 10.8 Å². The molecule has 0 saturated heterocycles. The van der Waals surface area contributed by atoms with Gasteiger partial charge in [-0.1, -0.05) is 0 Å². The Bertz CT molecular complexity index is 601. The number of benzene rings is 1. The Morgan fingerprint density at radius 1 is 1.47 bits per heavy atom. The van der Waals surface area contributed by atoms with Crippen LogP contribution in [0.3, 0.4) is 0 Å². The number of nitrogens with zero attached hydrogens (tertiary/aromatic N) is 1. The molecule has 0 spiro atoms. The number of nitrogens with two attached hydrogens (primary N) is 1. The van der Waals surface area contributed by atoms with Gasteiger partial charge >= 0.3 is 0 Å². The number of hydrogen-bond acceptors (Lipinski definition) is 4. The minimum Gasteiger partial charge on any atom is -0.396 e. The average Bonchev–Trinajstić information content (AvgIpc) is 2.87. The van der Waals surface area contributed by atoms with Crippen LogP contribution in [0, 0.1) is 11.6 Å². The van der Waals surface area contributed by atoms with Gasteiger partial charge in [0.15, 0.2) is 5.82 Å². The highest BCUT2D eigenvalue weighted by atomic mass is 32.1. The van der Waals surface area contributed by atoms with E-state index in [0.29, 0.717) is 5.01 Å². The molecule has 19 heavy (non-hydrogen) atoms. The third-order valence-corrected chi connectivity index (χ3v) is 3.44. The Morgan fingerprint density at radius 3 is 2.84 bits per heavy atom. The van der Waals surface area contributed by atoms with Gasteiger partial charge in [-0.3, -0.25) is 4.79 Å². The van der Waals surface area contributed by atoms with Crippen LogP contribution in [0.2, 0.25) is 0 Å². The molecule has 1 aromatic heterocycles. The Morgan fingerprint density at radius 2 is 2.21 bits per heavy atom. The van der Waals surface area contributed by atoms with E-state index in [1.807, 2.05) is 0 Å². The standard InChI is InChI=1S/C12H11F2N3OS/c1-6(12-16-2-3-19-12)17-11(18)8-4-7(13)5-9(15)10(8)14/h2-6H,15H2,1H3,(H,17,18). The van der Waals surface area contributed by atoms with E-state index in [0.717, 1.165) is 12.1 Å². The van der Waals surface area contributed by atoms with Crippen molar-refractivity contribution in [2.24, 2.45) is 0 Å². The summed E-state index contributed by atoms with van der Waals surface area (Å²) in [5.41, 5.74) is 4.47. The van der Waals surface area contributed by atoms with E-state index in [9.17, 15) is 13.6 Å². The maximum atomic E-state index is 13.7. The van der Waals surface area contributed by atoms with Crippen molar-refractivity contribution in [3.05, 3.63) is 45.9 Å². The number of anilines is 1. The second-order valence-corrected chi connectivity index (χ2v) is 4.85. The third kappa shape index (κ3) is 2.87. The van der Waals surface area contributed by atoms with E-state index in [1.165, 1.54) is 11.3 Å². The van der Waals surface area contributed by atoms with Crippen molar-refractivity contribution in [3.8, 4) is 0 Å². The first kappa shape index (κ1) is 13.4. The Hall–Kier alpha value is -2.02. The average molecular weight is 283 g/mol. The molecule has 0 saturated carbocycles. The summed E-state index contributed by atoms with van der Waals surface area (Å²) in [5, 5.41) is 4.98. The summed E-state index contributed by atoms with van der Waals surface area (Å²) >= 11 is 1.36. The molecule has 2 rings (SSSR count). The number of nitrogens with one attached hydrogen (secondary N) is 1. The van der Waals surface area contributed by atoms with Crippen LogP contribution in [0.4, 0.5) is 14.5 Å². The highest BCUT2D eigenvalue weighted by Gasteiger charge is 2.19. The number of aromatic nitrogens is 1. The summed E-state index contributed by atoms with van der Waals surface area (Å²) in [7, 11) is 0. The predicted octanol–water partition coefficient (Wildman–Crippen LogP) is 2.49. The lowest BCUT2D eigenvalue weighted by Crippen LogP contribution is -2.27. The summed E-state index contributed by atoms with van der Waals surface area (Å²) in [6.45, 7) is 1.71. The van der Waals surface area contributed by atoms with Crippen molar-refractivity contribution in [3.63, 3.8) is 0 Å². The van der Waals surface area contributed by atoms with Crippen LogP contribution >= 0.6 is 11.3 Å². The third-order valence-electron chi connectivity index (χ3n) is 2.48. The van der Waals surface area contributed by atoms with E-state index in [4.69, 9.17) is 5.73 Å². The van der Waals surface area contributed by atoms with Gasteiger partial charge in [-0.05, 0) is 19.1 Å². The largest absolute Gasteiger partial charge is 0.396 e. The number of rotatable bonds is 3. The van der Waals surface area contributed by atoms with Gasteiger partial charge in [-0.15, -0.1) is 11.3 Å². The van der Waals surface area contributed by atoms with Crippen LogP contribution in [-0.4, -0.2) is 10.9 Å². The number of halogens is 2. The fraction of sp³-hybridized carbons (Fsp3) is 0.167. The normalized spacial score (nSPS) is 12.2. The molecule has 1 atom stereocenters. The summed E-state index contributed by atoms with van der Waals surface area (Å²) in [5.74, 6) is -2.41. The van der Waals surface area contributed by atoms with Gasteiger partial charge in [0.25, 0.3) is 5.91 Å². The molecule has 0 bridgehead atoms. The minimum atomic E-state index is -0.926. The van der Waals surface area contributed by atoms with Crippen LogP contribution in [0.25, 0.3) is 0 Å². The molecular formula is C12H11F2N3OS. The van der Waals surface area contributed by atoms with Crippen LogP contribution < -0.4 is 11.1 Å². The Labute approximate surface area is 112 Å². The van der Waals surface area contributed by atoms with Gasteiger partial charge in [0.2, 0.25) is 0 Å². The first-order chi connectivity index (χ1) is 8.99. The van der Waals surface area contributed by atoms with Crippen LogP contribution in [0.1, 0.15) is 28.3 Å². The van der Waals surface area contributed by atoms with Gasteiger partial charge in [0.05, 0.1) is 17.3 Å². The zero-order chi connectivity index (χ0) is 14.0. The van der Waals surface area contributed by atoms with Crippen LogP contribution in [-0.2, 0) is 0 Å². The number of carbonyl (C=O) groups is 1. The predicted molar refractivity (Wildman–Crippen MR) is 68.8 cm³/mol. The highest BCUT2D eigenvalue weighted by Crippen LogP contribution is 2.20. The number of carbonyl (C=O) groups excluding carboxylic acids is 1. The first-order valence-corrected chi connectivity index (χ1v) is 6.31. The molecule has 4 nitrogen and oxygen atoms in total. The van der Waals surface area contributed by atoms with E-state index < -0.39 is 34.8 Å². The lowest BCUT2D eigenvalue weighted by atomic mass is 10.1. The second kappa shape index (κ2) is 5.31. The lowest BCUT2D eigenvalue weighted by molar-refractivity contribution is 0.0935. The van der Waals surface area contributed by atoms with Gasteiger partial charge in [0, 0.05) is 11.6 Å². The van der Waals surface area contributed by atoms with Crippen molar-refractivity contribution in [2.45, 2.75) is 13.0 Å². The molecule has 1 aromatic carbocycles. The van der Waals surface area contributed by atoms with E-state index in [2.05, 4.69) is 10.3 Å². The molecule has 1 unspecified atom stereocenters. The molecule has 3 N–H and O–H groups in total. The lowest BCUT2D eigenvalue weighted by Gasteiger charge is -2.12. The van der Waals surface area contributed by atoms with Crippen LogP contribution in [0.5, 0.6) is 0 Å². The summed E-state index contributed by atoms with van der Waals surface area (Å²) in [6, 6.07) is 1.25. The maximum absolute atomic E-state index is 13.7. The summed E-state index contributed by atoms with van der Waals surface area (Å²) in [6.07, 6.45) is 1.60. The second-order valence-electron chi connectivity index (χ2n) is 3.92. The van der Waals surface area contributed by atoms with Crippen molar-refractivity contribution < 1.29 is 13.6 Å². The van der Waals surface area contributed by atoms with Gasteiger partial charge in [-0.2, -0.15) is 0 Å². The minimum absolute atomic E-state index is 0.392. The fourth-order valence-corrected chi connectivity index (χ4v) is 2.21. The van der Waals surface area contributed by atoms with Crippen LogP contribution in [0.15, 0.2) is 23.7 Å². The number of thiazole rings is 1. The molecule has 1 amide bonds. The van der Waals surface area contributed by atoms with Crippen molar-refractivity contribution in [1.82, 2.24) is 10.3 Å². The monoisotopic (exact) mass is 283 g/mol. The molecule has 0 radical (unpaired) electrons. The molecule has 7 heteroatoms. The fourth-order valence-electron chi connectivity index (χ4n) is 1.56. The smallest absolute Gasteiger partial charge is 0.254 e. The zero-order valence-corrected chi connectivity index (χ0v) is 10.8. The summed E-state index contributed by atoms with van der Waals surface area (Å²) < 4.78 is 26.8. The SMILES string of the molecule is CC(NC(=O)c1cc(F)cc(N)c1F)c1nccs1. The maximum Gasteiger partial charge on any atom is 0.254 e. The Balaban J connectivity index is 2.21. The van der Waals surface area contributed by atoms with Gasteiger partial charge < -0.3 is 11.1 Å². The molecular weight excluding hydrogens is 272 g/mol. The topological polar surface area (TPSA) is 68.0 Å². The van der Waals surface area contributed by atoms with E-state index >= 15 is 0 Å². The quantitative estimate of drug-likeness (QED) is 0.850. The Kier molecular flexibility index (Phi) is 3.75. The number of hydrogen-bond donors (Lipinski definition) is 2. The van der Waals surface area contributed by atoms with Crippen molar-refractivity contribution in [1.29, 1.82) is 0 Å². The van der Waals surface area contributed by atoms with Gasteiger partial charge in [-0.25, -0.2) is 13.8 Å². The number of nitrogen functional groups attached to an aromatic ring is 1.